The van der Waals surface area contributed by atoms with Crippen molar-refractivity contribution in [3.8, 4) is 39.1 Å². The van der Waals surface area contributed by atoms with Gasteiger partial charge in [0.25, 0.3) is 0 Å². The normalized spacial score (nSPS) is 12.9. The van der Waals surface area contributed by atoms with E-state index < -0.39 is 0 Å². The van der Waals surface area contributed by atoms with Gasteiger partial charge in [-0.1, -0.05) is 172 Å². The van der Waals surface area contributed by atoms with Crippen LogP contribution in [0.15, 0.2) is 206 Å². The number of nitrogens with zero attached hydrogens (tertiary/aromatic N) is 2. The molecular weight excluding hydrogens is 689 g/mol. The number of hydrogen-bond acceptors (Lipinski definition) is 1. The molecule has 0 spiro atoms. The second-order valence-electron chi connectivity index (χ2n) is 15.7. The lowest BCUT2D eigenvalue weighted by atomic mass is 9.82. The summed E-state index contributed by atoms with van der Waals surface area (Å²) in [6, 6.07) is 75.8. The SMILES string of the molecule is CC1(C)c2ccccc2-c2ccc(N(c3cccc(-c4ccccc4)c3)c3ccccc3-c3c(-n4c5ccccc5c5ccccc54)ccc4ccccc34)cc21. The minimum atomic E-state index is -0.141. The molecule has 270 valence electrons. The number of aromatic nitrogens is 1. The first-order valence-electron chi connectivity index (χ1n) is 19.9. The maximum atomic E-state index is 2.48. The van der Waals surface area contributed by atoms with E-state index in [0.29, 0.717) is 0 Å². The molecule has 1 aliphatic rings. The molecule has 10 aromatic rings. The van der Waals surface area contributed by atoms with Crippen LogP contribution >= 0.6 is 0 Å². The third kappa shape index (κ3) is 5.18. The number of benzene rings is 9. The van der Waals surface area contributed by atoms with Gasteiger partial charge in [-0.3, -0.25) is 0 Å². The van der Waals surface area contributed by atoms with E-state index in [9.17, 15) is 0 Å². The second-order valence-corrected chi connectivity index (χ2v) is 15.7. The van der Waals surface area contributed by atoms with Gasteiger partial charge in [0.15, 0.2) is 0 Å². The Balaban J connectivity index is 1.21. The van der Waals surface area contributed by atoms with E-state index >= 15 is 0 Å². The zero-order chi connectivity index (χ0) is 38.1. The average Bonchev–Trinajstić information content (AvgIpc) is 3.72. The molecule has 0 saturated carbocycles. The molecule has 0 fully saturated rings. The smallest absolute Gasteiger partial charge is 0.0547 e. The fraction of sp³-hybridized carbons (Fsp3) is 0.0545. The summed E-state index contributed by atoms with van der Waals surface area (Å²) in [5.41, 5.74) is 16.9. The molecule has 0 amide bonds. The summed E-state index contributed by atoms with van der Waals surface area (Å²) in [6.07, 6.45) is 0. The highest BCUT2D eigenvalue weighted by molar-refractivity contribution is 6.12. The maximum Gasteiger partial charge on any atom is 0.0547 e. The monoisotopic (exact) mass is 728 g/mol. The van der Waals surface area contributed by atoms with Crippen molar-refractivity contribution < 1.29 is 0 Å². The third-order valence-electron chi connectivity index (χ3n) is 12.2. The molecule has 2 nitrogen and oxygen atoms in total. The van der Waals surface area contributed by atoms with Gasteiger partial charge in [-0.05, 0) is 92.7 Å². The highest BCUT2D eigenvalue weighted by Gasteiger charge is 2.36. The Bertz CT molecular complexity index is 3110. The van der Waals surface area contributed by atoms with E-state index in [0.717, 1.165) is 22.7 Å². The molecule has 0 unspecified atom stereocenters. The molecular formula is C55H40N2. The Kier molecular flexibility index (Phi) is 7.55. The van der Waals surface area contributed by atoms with Gasteiger partial charge in [0.2, 0.25) is 0 Å². The highest BCUT2D eigenvalue weighted by atomic mass is 15.1. The Morgan fingerprint density at radius 1 is 0.404 bits per heavy atom. The summed E-state index contributed by atoms with van der Waals surface area (Å²) in [5, 5.41) is 4.93. The molecule has 0 atom stereocenters. The van der Waals surface area contributed by atoms with Crippen molar-refractivity contribution in [2.75, 3.05) is 4.90 Å². The predicted molar refractivity (Wildman–Crippen MR) is 241 cm³/mol. The van der Waals surface area contributed by atoms with E-state index in [1.54, 1.807) is 0 Å². The van der Waals surface area contributed by atoms with Crippen LogP contribution in [0.25, 0.3) is 71.6 Å². The van der Waals surface area contributed by atoms with Crippen molar-refractivity contribution >= 4 is 49.6 Å². The predicted octanol–water partition coefficient (Wildman–Crippen LogP) is 15.0. The molecule has 1 heterocycles. The second kappa shape index (κ2) is 13.0. The first-order chi connectivity index (χ1) is 28.1. The van der Waals surface area contributed by atoms with Crippen molar-refractivity contribution in [2.24, 2.45) is 0 Å². The van der Waals surface area contributed by atoms with Crippen molar-refractivity contribution in [3.63, 3.8) is 0 Å². The summed E-state index contributed by atoms with van der Waals surface area (Å²) < 4.78 is 2.47. The molecule has 57 heavy (non-hydrogen) atoms. The first kappa shape index (κ1) is 33.2. The summed E-state index contributed by atoms with van der Waals surface area (Å²) in [6.45, 7) is 4.73. The van der Waals surface area contributed by atoms with E-state index in [1.165, 1.54) is 77.1 Å². The number of fused-ring (bicyclic) bond motifs is 7. The Labute approximate surface area is 333 Å². The molecule has 11 rings (SSSR count). The molecule has 0 aliphatic heterocycles. The average molecular weight is 729 g/mol. The van der Waals surface area contributed by atoms with E-state index in [-0.39, 0.29) is 5.41 Å². The van der Waals surface area contributed by atoms with Gasteiger partial charge >= 0.3 is 0 Å². The standard InChI is InChI=1S/C55H40N2/c1-55(2)48-27-12-8-23-43(48)44-33-32-41(36-49(44)55)56(40-21-16-20-39(35-40)37-17-4-3-5-18-37)52-30-15-11-26-47(52)54-42-22-7-6-19-38(42)31-34-53(54)57-50-28-13-9-24-45(50)46-25-10-14-29-51(46)57/h3-36H,1-2H3. The van der Waals surface area contributed by atoms with Crippen molar-refractivity contribution in [2.45, 2.75) is 19.3 Å². The van der Waals surface area contributed by atoms with Crippen LogP contribution in [0.5, 0.6) is 0 Å². The van der Waals surface area contributed by atoms with Gasteiger partial charge in [-0.15, -0.1) is 0 Å². The molecule has 2 heteroatoms. The maximum absolute atomic E-state index is 2.48. The molecule has 0 radical (unpaired) electrons. The molecule has 9 aromatic carbocycles. The lowest BCUT2D eigenvalue weighted by Crippen LogP contribution is -2.17. The van der Waals surface area contributed by atoms with E-state index in [4.69, 9.17) is 0 Å². The topological polar surface area (TPSA) is 8.17 Å². The molecule has 0 saturated heterocycles. The van der Waals surface area contributed by atoms with Crippen molar-refractivity contribution in [1.29, 1.82) is 0 Å². The summed E-state index contributed by atoms with van der Waals surface area (Å²) in [7, 11) is 0. The van der Waals surface area contributed by atoms with Crippen molar-refractivity contribution in [3.05, 3.63) is 217 Å². The van der Waals surface area contributed by atoms with Crippen LogP contribution in [-0.4, -0.2) is 4.57 Å². The zero-order valence-corrected chi connectivity index (χ0v) is 32.0. The number of anilines is 3. The fourth-order valence-electron chi connectivity index (χ4n) is 9.51. The molecule has 1 aliphatic carbocycles. The Morgan fingerprint density at radius 3 is 1.79 bits per heavy atom. The molecule has 0 N–H and O–H groups in total. The Morgan fingerprint density at radius 2 is 1.00 bits per heavy atom. The lowest BCUT2D eigenvalue weighted by molar-refractivity contribution is 0.660. The van der Waals surface area contributed by atoms with Gasteiger partial charge < -0.3 is 9.47 Å². The van der Waals surface area contributed by atoms with Crippen LogP contribution in [0, 0.1) is 0 Å². The van der Waals surface area contributed by atoms with Gasteiger partial charge in [0.05, 0.1) is 22.4 Å². The van der Waals surface area contributed by atoms with E-state index in [1.807, 2.05) is 0 Å². The Hall–Kier alpha value is -7.16. The van der Waals surface area contributed by atoms with Crippen LogP contribution in [0.2, 0.25) is 0 Å². The lowest BCUT2D eigenvalue weighted by Gasteiger charge is -2.31. The number of rotatable bonds is 6. The summed E-state index contributed by atoms with van der Waals surface area (Å²) in [4.78, 5) is 2.48. The minimum Gasteiger partial charge on any atom is -0.310 e. The van der Waals surface area contributed by atoms with Crippen LogP contribution in [-0.2, 0) is 5.41 Å². The van der Waals surface area contributed by atoms with E-state index in [2.05, 4.69) is 230 Å². The zero-order valence-electron chi connectivity index (χ0n) is 32.0. The minimum absolute atomic E-state index is 0.141. The van der Waals surface area contributed by atoms with Crippen LogP contribution in [0.4, 0.5) is 17.1 Å². The van der Waals surface area contributed by atoms with Crippen LogP contribution in [0.3, 0.4) is 0 Å². The van der Waals surface area contributed by atoms with Gasteiger partial charge in [0, 0.05) is 38.7 Å². The molecule has 1 aromatic heterocycles. The van der Waals surface area contributed by atoms with Crippen molar-refractivity contribution in [1.82, 2.24) is 4.57 Å². The number of hydrogen-bond donors (Lipinski definition) is 0. The molecule has 0 bridgehead atoms. The largest absolute Gasteiger partial charge is 0.310 e. The quantitative estimate of drug-likeness (QED) is 0.165. The van der Waals surface area contributed by atoms with Gasteiger partial charge in [0.1, 0.15) is 0 Å². The van der Waals surface area contributed by atoms with Gasteiger partial charge in [-0.2, -0.15) is 0 Å². The van der Waals surface area contributed by atoms with Crippen LogP contribution in [0.1, 0.15) is 25.0 Å². The fourth-order valence-corrected chi connectivity index (χ4v) is 9.51. The third-order valence-corrected chi connectivity index (χ3v) is 12.2. The summed E-state index contributed by atoms with van der Waals surface area (Å²) >= 11 is 0. The highest BCUT2D eigenvalue weighted by Crippen LogP contribution is 2.52. The van der Waals surface area contributed by atoms with Gasteiger partial charge in [-0.25, -0.2) is 0 Å². The number of para-hydroxylation sites is 3. The van der Waals surface area contributed by atoms with Crippen LogP contribution < -0.4 is 4.90 Å². The first-order valence-corrected chi connectivity index (χ1v) is 19.9. The summed E-state index contributed by atoms with van der Waals surface area (Å²) in [5.74, 6) is 0.